The molecule has 5 nitrogen and oxygen atoms in total. The molecule has 31 heavy (non-hydrogen) atoms. The Labute approximate surface area is 183 Å². The van der Waals surface area contributed by atoms with E-state index in [1.54, 1.807) is 6.21 Å². The number of hydrogen-bond acceptors (Lipinski definition) is 4. The zero-order chi connectivity index (χ0) is 22.1. The van der Waals surface area contributed by atoms with Crippen LogP contribution in [-0.4, -0.2) is 18.7 Å². The van der Waals surface area contributed by atoms with Crippen LogP contribution in [-0.2, 0) is 11.4 Å². The van der Waals surface area contributed by atoms with E-state index in [4.69, 9.17) is 9.47 Å². The molecule has 0 saturated carbocycles. The number of hydrazone groups is 1. The van der Waals surface area contributed by atoms with Crippen LogP contribution < -0.4 is 14.9 Å². The van der Waals surface area contributed by atoms with Crippen LogP contribution in [0.4, 0.5) is 0 Å². The highest BCUT2D eigenvalue weighted by atomic mass is 16.5. The molecular weight excluding hydrogens is 388 g/mol. The molecule has 160 valence electrons. The fourth-order valence-electron chi connectivity index (χ4n) is 3.05. The Morgan fingerprint density at radius 3 is 2.48 bits per heavy atom. The average Bonchev–Trinajstić information content (AvgIpc) is 2.77. The van der Waals surface area contributed by atoms with Crippen molar-refractivity contribution in [3.63, 3.8) is 0 Å². The van der Waals surface area contributed by atoms with E-state index in [-0.39, 0.29) is 12.5 Å². The standard InChI is InChI=1S/C26H28N2O3/c1-19(2)23-14-13-20(3)15-25(23)31-18-26(29)28-27-16-22-11-7-8-12-24(22)30-17-21-9-5-4-6-10-21/h4-16,19H,17-18H2,1-3H3,(H,28,29). The molecule has 0 bridgehead atoms. The summed E-state index contributed by atoms with van der Waals surface area (Å²) in [5, 5.41) is 4.06. The first-order valence-electron chi connectivity index (χ1n) is 10.3. The molecular formula is C26H28N2O3. The van der Waals surface area contributed by atoms with Gasteiger partial charge in [0.1, 0.15) is 18.1 Å². The minimum absolute atomic E-state index is 0.104. The molecule has 5 heteroatoms. The van der Waals surface area contributed by atoms with Crippen molar-refractivity contribution in [1.29, 1.82) is 0 Å². The number of rotatable bonds is 9. The van der Waals surface area contributed by atoms with Gasteiger partial charge in [-0.15, -0.1) is 0 Å². The molecule has 0 atom stereocenters. The van der Waals surface area contributed by atoms with Gasteiger partial charge in [0.05, 0.1) is 6.21 Å². The monoisotopic (exact) mass is 416 g/mol. The number of aryl methyl sites for hydroxylation is 1. The Balaban J connectivity index is 1.55. The molecule has 0 fully saturated rings. The molecule has 0 unspecified atom stereocenters. The van der Waals surface area contributed by atoms with Gasteiger partial charge in [0.2, 0.25) is 0 Å². The maximum absolute atomic E-state index is 12.2. The number of benzene rings is 3. The number of para-hydroxylation sites is 1. The zero-order valence-electron chi connectivity index (χ0n) is 18.2. The van der Waals surface area contributed by atoms with Gasteiger partial charge in [-0.25, -0.2) is 5.43 Å². The lowest BCUT2D eigenvalue weighted by atomic mass is 10.0. The third-order valence-electron chi connectivity index (χ3n) is 4.70. The number of carbonyl (C=O) groups excluding carboxylic acids is 1. The van der Waals surface area contributed by atoms with Gasteiger partial charge in [0.15, 0.2) is 6.61 Å². The average molecular weight is 417 g/mol. The van der Waals surface area contributed by atoms with E-state index in [1.165, 1.54) is 0 Å². The molecule has 0 spiro atoms. The first-order valence-corrected chi connectivity index (χ1v) is 10.3. The molecule has 0 aliphatic heterocycles. The van der Waals surface area contributed by atoms with Gasteiger partial charge in [-0.2, -0.15) is 5.10 Å². The molecule has 0 heterocycles. The summed E-state index contributed by atoms with van der Waals surface area (Å²) >= 11 is 0. The van der Waals surface area contributed by atoms with Crippen molar-refractivity contribution in [2.45, 2.75) is 33.3 Å². The summed E-state index contributed by atoms with van der Waals surface area (Å²) in [7, 11) is 0. The SMILES string of the molecule is Cc1ccc(C(C)C)c(OCC(=O)NN=Cc2ccccc2OCc2ccccc2)c1. The Hall–Kier alpha value is -3.60. The normalized spacial score (nSPS) is 11.0. The lowest BCUT2D eigenvalue weighted by Crippen LogP contribution is -2.25. The van der Waals surface area contributed by atoms with Crippen LogP contribution in [0.5, 0.6) is 11.5 Å². The number of nitrogens with one attached hydrogen (secondary N) is 1. The second-order valence-corrected chi connectivity index (χ2v) is 7.59. The number of carbonyl (C=O) groups is 1. The maximum atomic E-state index is 12.2. The van der Waals surface area contributed by atoms with Crippen molar-refractivity contribution < 1.29 is 14.3 Å². The number of hydrogen-bond donors (Lipinski definition) is 1. The van der Waals surface area contributed by atoms with E-state index in [9.17, 15) is 4.79 Å². The molecule has 0 aliphatic rings. The van der Waals surface area contributed by atoms with Crippen molar-refractivity contribution in [1.82, 2.24) is 5.43 Å². The first kappa shape index (κ1) is 22.1. The van der Waals surface area contributed by atoms with Crippen LogP contribution in [0.15, 0.2) is 77.9 Å². The predicted molar refractivity (Wildman–Crippen MR) is 124 cm³/mol. The van der Waals surface area contributed by atoms with Gasteiger partial charge < -0.3 is 9.47 Å². The highest BCUT2D eigenvalue weighted by Crippen LogP contribution is 2.27. The van der Waals surface area contributed by atoms with Crippen molar-refractivity contribution >= 4 is 12.1 Å². The van der Waals surface area contributed by atoms with Crippen molar-refractivity contribution in [2.24, 2.45) is 5.10 Å². The van der Waals surface area contributed by atoms with Crippen LogP contribution in [0.25, 0.3) is 0 Å². The number of amides is 1. The molecule has 3 aromatic rings. The summed E-state index contributed by atoms with van der Waals surface area (Å²) in [5.41, 5.74) is 6.54. The van der Waals surface area contributed by atoms with E-state index in [2.05, 4.69) is 24.4 Å². The second kappa shape index (κ2) is 11.0. The lowest BCUT2D eigenvalue weighted by Gasteiger charge is -2.14. The fourth-order valence-corrected chi connectivity index (χ4v) is 3.05. The Bertz CT molecular complexity index is 1030. The summed E-state index contributed by atoms with van der Waals surface area (Å²) in [4.78, 5) is 12.2. The van der Waals surface area contributed by atoms with Crippen LogP contribution in [0.2, 0.25) is 0 Å². The maximum Gasteiger partial charge on any atom is 0.277 e. The summed E-state index contributed by atoms with van der Waals surface area (Å²) in [6.45, 7) is 6.55. The molecule has 1 amide bonds. The fraction of sp³-hybridized carbons (Fsp3) is 0.231. The highest BCUT2D eigenvalue weighted by molar-refractivity contribution is 5.85. The summed E-state index contributed by atoms with van der Waals surface area (Å²) in [6, 6.07) is 23.5. The Morgan fingerprint density at radius 1 is 0.968 bits per heavy atom. The van der Waals surface area contributed by atoms with E-state index in [0.717, 1.165) is 28.0 Å². The van der Waals surface area contributed by atoms with Crippen molar-refractivity contribution in [3.8, 4) is 11.5 Å². The quantitative estimate of drug-likeness (QED) is 0.384. The smallest absolute Gasteiger partial charge is 0.277 e. The number of nitrogens with zero attached hydrogens (tertiary/aromatic N) is 1. The predicted octanol–water partition coefficient (Wildman–Crippen LogP) is 5.23. The van der Waals surface area contributed by atoms with Gasteiger partial charge in [-0.3, -0.25) is 4.79 Å². The van der Waals surface area contributed by atoms with Crippen LogP contribution in [0, 0.1) is 6.92 Å². The number of ether oxygens (including phenoxy) is 2. The third-order valence-corrected chi connectivity index (χ3v) is 4.70. The zero-order valence-corrected chi connectivity index (χ0v) is 18.2. The molecule has 1 N–H and O–H groups in total. The summed E-state index contributed by atoms with van der Waals surface area (Å²) in [6.07, 6.45) is 1.57. The summed E-state index contributed by atoms with van der Waals surface area (Å²) < 4.78 is 11.6. The summed E-state index contributed by atoms with van der Waals surface area (Å²) in [5.74, 6) is 1.41. The first-order chi connectivity index (χ1) is 15.0. The van der Waals surface area contributed by atoms with Gasteiger partial charge in [0, 0.05) is 5.56 Å². The lowest BCUT2D eigenvalue weighted by molar-refractivity contribution is -0.123. The van der Waals surface area contributed by atoms with Crippen LogP contribution in [0.1, 0.15) is 42.0 Å². The van der Waals surface area contributed by atoms with Crippen molar-refractivity contribution in [2.75, 3.05) is 6.61 Å². The molecule has 0 radical (unpaired) electrons. The van der Waals surface area contributed by atoms with Crippen LogP contribution >= 0.6 is 0 Å². The van der Waals surface area contributed by atoms with Gasteiger partial charge in [-0.1, -0.05) is 68.4 Å². The molecule has 3 rings (SSSR count). The minimum atomic E-state index is -0.324. The minimum Gasteiger partial charge on any atom is -0.488 e. The van der Waals surface area contributed by atoms with Crippen molar-refractivity contribution in [3.05, 3.63) is 95.1 Å². The second-order valence-electron chi connectivity index (χ2n) is 7.59. The molecule has 0 aliphatic carbocycles. The largest absolute Gasteiger partial charge is 0.488 e. The van der Waals surface area contributed by atoms with E-state index >= 15 is 0 Å². The van der Waals surface area contributed by atoms with Crippen LogP contribution in [0.3, 0.4) is 0 Å². The van der Waals surface area contributed by atoms with E-state index < -0.39 is 0 Å². The Morgan fingerprint density at radius 2 is 1.71 bits per heavy atom. The van der Waals surface area contributed by atoms with E-state index in [0.29, 0.717) is 18.3 Å². The Kier molecular flexibility index (Phi) is 7.82. The topological polar surface area (TPSA) is 59.9 Å². The van der Waals surface area contributed by atoms with Gasteiger partial charge in [0.25, 0.3) is 5.91 Å². The molecule has 3 aromatic carbocycles. The third kappa shape index (κ3) is 6.71. The molecule has 0 saturated heterocycles. The highest BCUT2D eigenvalue weighted by Gasteiger charge is 2.10. The molecule has 0 aromatic heterocycles. The van der Waals surface area contributed by atoms with Gasteiger partial charge in [-0.05, 0) is 47.7 Å². The van der Waals surface area contributed by atoms with Gasteiger partial charge >= 0.3 is 0 Å². The van der Waals surface area contributed by atoms with E-state index in [1.807, 2.05) is 79.7 Å².